The minimum Gasteiger partial charge on any atom is -0.317 e. The number of carbonyl (C=O) groups is 1. The number of benzene rings is 1. The minimum atomic E-state index is -0.226. The Morgan fingerprint density at radius 1 is 1.39 bits per heavy atom. The maximum absolute atomic E-state index is 13.2. The van der Waals surface area contributed by atoms with E-state index in [1.807, 2.05) is 0 Å². The molecule has 0 saturated carbocycles. The van der Waals surface area contributed by atoms with Crippen molar-refractivity contribution >= 4 is 11.6 Å². The predicted octanol–water partition coefficient (Wildman–Crippen LogP) is 2.10. The maximum Gasteiger partial charge on any atom is 0.227 e. The average Bonchev–Trinajstić information content (AvgIpc) is 2.37. The van der Waals surface area contributed by atoms with Gasteiger partial charge in [0.25, 0.3) is 0 Å². The standard InChI is InChI=1S/C14H19FN2O/c1-2-16-8-3-9-17-13-6-5-12(15)10-11(13)4-7-14(17)18/h5-6,10,16H,2-4,7-9H2,1H3. The Morgan fingerprint density at radius 2 is 2.22 bits per heavy atom. The summed E-state index contributed by atoms with van der Waals surface area (Å²) in [6.07, 6.45) is 2.05. The largest absolute Gasteiger partial charge is 0.317 e. The zero-order valence-electron chi connectivity index (χ0n) is 10.7. The van der Waals surface area contributed by atoms with Crippen LogP contribution in [-0.4, -0.2) is 25.5 Å². The summed E-state index contributed by atoms with van der Waals surface area (Å²) in [6, 6.07) is 4.68. The molecule has 1 amide bonds. The molecule has 3 nitrogen and oxygen atoms in total. The Hall–Kier alpha value is -1.42. The summed E-state index contributed by atoms with van der Waals surface area (Å²) in [7, 11) is 0. The molecule has 1 heterocycles. The van der Waals surface area contributed by atoms with Gasteiger partial charge < -0.3 is 10.2 Å². The van der Waals surface area contributed by atoms with Crippen molar-refractivity contribution in [3.63, 3.8) is 0 Å². The molecule has 1 aromatic rings. The van der Waals surface area contributed by atoms with E-state index in [0.29, 0.717) is 19.4 Å². The number of nitrogens with zero attached hydrogens (tertiary/aromatic N) is 1. The molecule has 1 N–H and O–H groups in total. The first-order valence-corrected chi connectivity index (χ1v) is 6.52. The lowest BCUT2D eigenvalue weighted by atomic mass is 10.0. The van der Waals surface area contributed by atoms with Gasteiger partial charge in [0.1, 0.15) is 5.82 Å². The van der Waals surface area contributed by atoms with Gasteiger partial charge in [-0.15, -0.1) is 0 Å². The van der Waals surface area contributed by atoms with E-state index in [1.165, 1.54) is 6.07 Å². The van der Waals surface area contributed by atoms with Gasteiger partial charge in [-0.1, -0.05) is 6.92 Å². The minimum absolute atomic E-state index is 0.144. The third-order valence-electron chi connectivity index (χ3n) is 3.23. The van der Waals surface area contributed by atoms with Crippen molar-refractivity contribution in [1.29, 1.82) is 0 Å². The molecule has 0 atom stereocenters. The average molecular weight is 250 g/mol. The fourth-order valence-electron chi connectivity index (χ4n) is 2.31. The van der Waals surface area contributed by atoms with Crippen molar-refractivity contribution in [2.75, 3.05) is 24.5 Å². The highest BCUT2D eigenvalue weighted by Crippen LogP contribution is 2.28. The highest BCUT2D eigenvalue weighted by Gasteiger charge is 2.23. The van der Waals surface area contributed by atoms with Gasteiger partial charge in [0.15, 0.2) is 0 Å². The van der Waals surface area contributed by atoms with Crippen LogP contribution in [0.15, 0.2) is 18.2 Å². The quantitative estimate of drug-likeness (QED) is 0.812. The fraction of sp³-hybridized carbons (Fsp3) is 0.500. The molecule has 0 spiro atoms. The number of hydrogen-bond acceptors (Lipinski definition) is 2. The van der Waals surface area contributed by atoms with E-state index in [4.69, 9.17) is 0 Å². The monoisotopic (exact) mass is 250 g/mol. The third-order valence-corrected chi connectivity index (χ3v) is 3.23. The summed E-state index contributed by atoms with van der Waals surface area (Å²) in [4.78, 5) is 13.7. The SMILES string of the molecule is CCNCCCN1C(=O)CCc2cc(F)ccc21. The highest BCUT2D eigenvalue weighted by molar-refractivity contribution is 5.96. The van der Waals surface area contributed by atoms with Crippen molar-refractivity contribution in [3.8, 4) is 0 Å². The number of aryl methyl sites for hydroxylation is 1. The van der Waals surface area contributed by atoms with Crippen LogP contribution in [0, 0.1) is 5.82 Å². The molecule has 1 aliphatic rings. The van der Waals surface area contributed by atoms with Gasteiger partial charge in [0.05, 0.1) is 0 Å². The van der Waals surface area contributed by atoms with Crippen LogP contribution in [0.25, 0.3) is 0 Å². The van der Waals surface area contributed by atoms with Crippen molar-refractivity contribution in [2.24, 2.45) is 0 Å². The van der Waals surface area contributed by atoms with Gasteiger partial charge in [-0.2, -0.15) is 0 Å². The Balaban J connectivity index is 2.08. The van der Waals surface area contributed by atoms with Gasteiger partial charge in [-0.3, -0.25) is 4.79 Å². The summed E-state index contributed by atoms with van der Waals surface area (Å²) >= 11 is 0. The number of hydrogen-bond donors (Lipinski definition) is 1. The molecule has 18 heavy (non-hydrogen) atoms. The third kappa shape index (κ3) is 2.88. The zero-order chi connectivity index (χ0) is 13.0. The van der Waals surface area contributed by atoms with Crippen molar-refractivity contribution in [1.82, 2.24) is 5.32 Å². The van der Waals surface area contributed by atoms with Crippen LogP contribution in [0.2, 0.25) is 0 Å². The van der Waals surface area contributed by atoms with Crippen LogP contribution >= 0.6 is 0 Å². The molecule has 0 saturated heterocycles. The molecule has 0 radical (unpaired) electrons. The molecule has 0 aliphatic carbocycles. The Bertz CT molecular complexity index is 434. The predicted molar refractivity (Wildman–Crippen MR) is 70.2 cm³/mol. The number of fused-ring (bicyclic) bond motifs is 1. The number of amides is 1. The molecular formula is C14H19FN2O. The van der Waals surface area contributed by atoms with E-state index in [0.717, 1.165) is 30.8 Å². The van der Waals surface area contributed by atoms with Crippen LogP contribution in [0.1, 0.15) is 25.3 Å². The second-order valence-electron chi connectivity index (χ2n) is 4.53. The number of carbonyl (C=O) groups excluding carboxylic acids is 1. The Morgan fingerprint density at radius 3 is 3.00 bits per heavy atom. The van der Waals surface area contributed by atoms with Gasteiger partial charge in [0.2, 0.25) is 5.91 Å². The molecule has 1 aromatic carbocycles. The number of rotatable bonds is 5. The summed E-state index contributed by atoms with van der Waals surface area (Å²) in [5.41, 5.74) is 1.82. The van der Waals surface area contributed by atoms with Gasteiger partial charge >= 0.3 is 0 Å². The van der Waals surface area contributed by atoms with E-state index in [-0.39, 0.29) is 11.7 Å². The van der Waals surface area contributed by atoms with E-state index in [9.17, 15) is 9.18 Å². The molecule has 4 heteroatoms. The molecule has 98 valence electrons. The van der Waals surface area contributed by atoms with Crippen molar-refractivity contribution in [3.05, 3.63) is 29.6 Å². The summed E-state index contributed by atoms with van der Waals surface area (Å²) in [5, 5.41) is 3.24. The molecule has 0 aromatic heterocycles. The Labute approximate surface area is 107 Å². The fourth-order valence-corrected chi connectivity index (χ4v) is 2.31. The molecule has 1 aliphatic heterocycles. The molecule has 2 rings (SSSR count). The summed E-state index contributed by atoms with van der Waals surface area (Å²) in [6.45, 7) is 4.60. The molecule has 0 bridgehead atoms. The van der Waals surface area contributed by atoms with Gasteiger partial charge in [0, 0.05) is 18.7 Å². The molecular weight excluding hydrogens is 231 g/mol. The first-order chi connectivity index (χ1) is 8.72. The number of anilines is 1. The lowest BCUT2D eigenvalue weighted by Crippen LogP contribution is -2.37. The van der Waals surface area contributed by atoms with E-state index >= 15 is 0 Å². The first-order valence-electron chi connectivity index (χ1n) is 6.52. The second kappa shape index (κ2) is 5.96. The number of halogens is 1. The summed E-state index contributed by atoms with van der Waals surface area (Å²) < 4.78 is 13.2. The lowest BCUT2D eigenvalue weighted by Gasteiger charge is -2.29. The normalized spacial score (nSPS) is 14.8. The molecule has 0 unspecified atom stereocenters. The van der Waals surface area contributed by atoms with Crippen molar-refractivity contribution in [2.45, 2.75) is 26.2 Å². The van der Waals surface area contributed by atoms with Crippen LogP contribution in [0.5, 0.6) is 0 Å². The van der Waals surface area contributed by atoms with Gasteiger partial charge in [-0.25, -0.2) is 4.39 Å². The van der Waals surface area contributed by atoms with Crippen LogP contribution in [0.3, 0.4) is 0 Å². The van der Waals surface area contributed by atoms with Crippen LogP contribution in [-0.2, 0) is 11.2 Å². The first kappa shape index (κ1) is 13.0. The topological polar surface area (TPSA) is 32.3 Å². The van der Waals surface area contributed by atoms with E-state index < -0.39 is 0 Å². The summed E-state index contributed by atoms with van der Waals surface area (Å²) in [5.74, 6) is -0.0821. The van der Waals surface area contributed by atoms with E-state index in [2.05, 4.69) is 12.2 Å². The highest BCUT2D eigenvalue weighted by atomic mass is 19.1. The second-order valence-corrected chi connectivity index (χ2v) is 4.53. The van der Waals surface area contributed by atoms with Gasteiger partial charge in [-0.05, 0) is 49.7 Å². The molecule has 0 fully saturated rings. The van der Waals surface area contributed by atoms with Crippen LogP contribution in [0.4, 0.5) is 10.1 Å². The zero-order valence-corrected chi connectivity index (χ0v) is 10.7. The lowest BCUT2D eigenvalue weighted by molar-refractivity contribution is -0.118. The maximum atomic E-state index is 13.2. The smallest absolute Gasteiger partial charge is 0.227 e. The van der Waals surface area contributed by atoms with E-state index in [1.54, 1.807) is 17.0 Å². The van der Waals surface area contributed by atoms with Crippen LogP contribution < -0.4 is 10.2 Å². The number of nitrogens with one attached hydrogen (secondary N) is 1. The van der Waals surface area contributed by atoms with Crippen molar-refractivity contribution < 1.29 is 9.18 Å². The Kier molecular flexibility index (Phi) is 4.31.